The largest absolute Gasteiger partial charge is 0.468 e. The molecule has 0 saturated heterocycles. The van der Waals surface area contributed by atoms with E-state index in [2.05, 4.69) is 22.6 Å². The molecule has 4 heteroatoms. The van der Waals surface area contributed by atoms with Gasteiger partial charge in [0, 0.05) is 6.42 Å². The lowest BCUT2D eigenvalue weighted by molar-refractivity contribution is -0.128. The highest BCUT2D eigenvalue weighted by molar-refractivity contribution is 5.42. The first-order chi connectivity index (χ1) is 7.78. The second-order valence-corrected chi connectivity index (χ2v) is 2.65. The van der Waals surface area contributed by atoms with Gasteiger partial charge in [-0.1, -0.05) is 25.3 Å². The van der Waals surface area contributed by atoms with Crippen LogP contribution in [-0.2, 0) is 19.1 Å². The van der Waals surface area contributed by atoms with E-state index in [1.165, 1.54) is 6.08 Å². The van der Waals surface area contributed by atoms with E-state index in [0.29, 0.717) is 25.1 Å². The van der Waals surface area contributed by atoms with Gasteiger partial charge < -0.3 is 9.47 Å². The van der Waals surface area contributed by atoms with Crippen LogP contribution in [0.3, 0.4) is 0 Å². The maximum absolute atomic E-state index is 10.1. The summed E-state index contributed by atoms with van der Waals surface area (Å²) in [6.07, 6.45) is 6.88. The summed E-state index contributed by atoms with van der Waals surface area (Å²) in [6.45, 7) is 8.09. The Morgan fingerprint density at radius 2 is 1.81 bits per heavy atom. The predicted octanol–water partition coefficient (Wildman–Crippen LogP) is 1.90. The van der Waals surface area contributed by atoms with Crippen molar-refractivity contribution in [2.24, 2.45) is 0 Å². The molecule has 0 amide bonds. The highest BCUT2D eigenvalue weighted by Gasteiger charge is 1.93. The quantitative estimate of drug-likeness (QED) is 0.259. The highest BCUT2D eigenvalue weighted by atomic mass is 16.5. The monoisotopic (exact) mass is 222 g/mol. The summed E-state index contributed by atoms with van der Waals surface area (Å²) < 4.78 is 9.16. The molecule has 86 valence electrons. The molecule has 0 saturated carbocycles. The average molecular weight is 222 g/mol. The van der Waals surface area contributed by atoms with Gasteiger partial charge in [-0.3, -0.25) is 9.59 Å². The molecule has 0 heterocycles. The van der Waals surface area contributed by atoms with Crippen LogP contribution >= 0.6 is 0 Å². The lowest BCUT2D eigenvalue weighted by Crippen LogP contribution is -1.92. The van der Waals surface area contributed by atoms with Crippen molar-refractivity contribution in [3.63, 3.8) is 0 Å². The van der Waals surface area contributed by atoms with Gasteiger partial charge >= 0.3 is 0 Å². The standard InChI is InChI=1S/C12H14O4/c1-3-11(7-8-15-9-13)5-6-12(4-2)16-10-14/h3-6,9-10H,1-2,7-8H2/b11-5+,12-6+. The first kappa shape index (κ1) is 13.9. The number of allylic oxidation sites excluding steroid dienone is 4. The lowest BCUT2D eigenvalue weighted by Gasteiger charge is -2.00. The zero-order chi connectivity index (χ0) is 12.2. The zero-order valence-corrected chi connectivity index (χ0v) is 8.93. The molecule has 4 nitrogen and oxygen atoms in total. The van der Waals surface area contributed by atoms with Crippen LogP contribution in [0, 0.1) is 0 Å². The number of ether oxygens (including phenoxy) is 2. The van der Waals surface area contributed by atoms with Gasteiger partial charge in [-0.25, -0.2) is 0 Å². The lowest BCUT2D eigenvalue weighted by atomic mass is 10.2. The Bertz CT molecular complexity index is 313. The van der Waals surface area contributed by atoms with E-state index >= 15 is 0 Å². The molecule has 0 aliphatic carbocycles. The Hall–Kier alpha value is -2.10. The third-order valence-electron chi connectivity index (χ3n) is 1.69. The fraction of sp³-hybridized carbons (Fsp3) is 0.167. The van der Waals surface area contributed by atoms with Crippen molar-refractivity contribution in [2.75, 3.05) is 6.61 Å². The fourth-order valence-corrected chi connectivity index (χ4v) is 0.878. The molecule has 0 atom stereocenters. The second-order valence-electron chi connectivity index (χ2n) is 2.65. The van der Waals surface area contributed by atoms with Crippen LogP contribution in [0.15, 0.2) is 48.8 Å². The van der Waals surface area contributed by atoms with Crippen molar-refractivity contribution in [3.8, 4) is 0 Å². The molecule has 0 rings (SSSR count). The Labute approximate surface area is 94.5 Å². The molecule has 16 heavy (non-hydrogen) atoms. The van der Waals surface area contributed by atoms with E-state index in [4.69, 9.17) is 0 Å². The number of carbonyl (C=O) groups excluding carboxylic acids is 2. The first-order valence-electron chi connectivity index (χ1n) is 4.59. The number of hydrogen-bond acceptors (Lipinski definition) is 4. The van der Waals surface area contributed by atoms with Gasteiger partial charge in [0.15, 0.2) is 0 Å². The summed E-state index contributed by atoms with van der Waals surface area (Å²) in [5.74, 6) is 0.339. The van der Waals surface area contributed by atoms with Crippen LogP contribution in [-0.4, -0.2) is 19.6 Å². The van der Waals surface area contributed by atoms with Crippen molar-refractivity contribution >= 4 is 12.9 Å². The molecule has 0 N–H and O–H groups in total. The van der Waals surface area contributed by atoms with Crippen molar-refractivity contribution in [1.29, 1.82) is 0 Å². The Morgan fingerprint density at radius 3 is 2.31 bits per heavy atom. The van der Waals surface area contributed by atoms with Gasteiger partial charge in [-0.2, -0.15) is 0 Å². The maximum atomic E-state index is 10.1. The van der Waals surface area contributed by atoms with E-state index in [9.17, 15) is 9.59 Å². The van der Waals surface area contributed by atoms with Crippen LogP contribution in [0.25, 0.3) is 0 Å². The summed E-state index contributed by atoms with van der Waals surface area (Å²) in [6, 6.07) is 0. The fourth-order valence-electron chi connectivity index (χ4n) is 0.878. The molecule has 0 aliphatic rings. The Morgan fingerprint density at radius 1 is 1.06 bits per heavy atom. The highest BCUT2D eigenvalue weighted by Crippen LogP contribution is 2.05. The van der Waals surface area contributed by atoms with Gasteiger partial charge in [0.2, 0.25) is 0 Å². The van der Waals surface area contributed by atoms with Crippen LogP contribution in [0.1, 0.15) is 6.42 Å². The molecule has 0 spiro atoms. The topological polar surface area (TPSA) is 52.6 Å². The smallest absolute Gasteiger partial charge is 0.298 e. The minimum atomic E-state index is 0.285. The van der Waals surface area contributed by atoms with E-state index in [-0.39, 0.29) is 6.61 Å². The minimum Gasteiger partial charge on any atom is -0.468 e. The minimum absolute atomic E-state index is 0.285. The third-order valence-corrected chi connectivity index (χ3v) is 1.69. The number of rotatable bonds is 9. The zero-order valence-electron chi connectivity index (χ0n) is 8.93. The van der Waals surface area contributed by atoms with Crippen LogP contribution in [0.2, 0.25) is 0 Å². The van der Waals surface area contributed by atoms with Gasteiger partial charge in [-0.05, 0) is 17.7 Å². The van der Waals surface area contributed by atoms with Gasteiger partial charge in [0.05, 0.1) is 6.61 Å². The summed E-state index contributed by atoms with van der Waals surface area (Å²) in [4.78, 5) is 20.0. The molecular weight excluding hydrogens is 208 g/mol. The van der Waals surface area contributed by atoms with Gasteiger partial charge in [-0.15, -0.1) is 0 Å². The molecule has 0 aromatic heterocycles. The third kappa shape index (κ3) is 6.37. The Kier molecular flexibility index (Phi) is 8.21. The van der Waals surface area contributed by atoms with Crippen molar-refractivity contribution in [1.82, 2.24) is 0 Å². The molecule has 0 fully saturated rings. The average Bonchev–Trinajstić information content (AvgIpc) is 2.31. The van der Waals surface area contributed by atoms with Gasteiger partial charge in [0.1, 0.15) is 5.76 Å². The van der Waals surface area contributed by atoms with E-state index in [0.717, 1.165) is 5.57 Å². The van der Waals surface area contributed by atoms with E-state index in [1.54, 1.807) is 18.2 Å². The summed E-state index contributed by atoms with van der Waals surface area (Å²) in [5.41, 5.74) is 0.857. The first-order valence-corrected chi connectivity index (χ1v) is 4.59. The second kappa shape index (κ2) is 9.45. The summed E-state index contributed by atoms with van der Waals surface area (Å²) in [7, 11) is 0. The summed E-state index contributed by atoms with van der Waals surface area (Å²) in [5, 5.41) is 0. The molecule has 0 aromatic rings. The molecule has 0 aliphatic heterocycles. The molecule has 0 aromatic carbocycles. The molecule has 0 radical (unpaired) electrons. The van der Waals surface area contributed by atoms with Crippen LogP contribution in [0.4, 0.5) is 0 Å². The number of hydrogen-bond donors (Lipinski definition) is 0. The van der Waals surface area contributed by atoms with E-state index in [1.807, 2.05) is 0 Å². The van der Waals surface area contributed by atoms with Crippen molar-refractivity contribution in [3.05, 3.63) is 48.8 Å². The van der Waals surface area contributed by atoms with Crippen LogP contribution in [0.5, 0.6) is 0 Å². The van der Waals surface area contributed by atoms with Crippen molar-refractivity contribution < 1.29 is 19.1 Å². The molecule has 0 unspecified atom stereocenters. The van der Waals surface area contributed by atoms with Crippen LogP contribution < -0.4 is 0 Å². The predicted molar refractivity (Wildman–Crippen MR) is 60.3 cm³/mol. The molecule has 0 bridgehead atoms. The Balaban J connectivity index is 4.42. The molecular formula is C12H14O4. The van der Waals surface area contributed by atoms with Crippen molar-refractivity contribution in [2.45, 2.75) is 6.42 Å². The maximum Gasteiger partial charge on any atom is 0.298 e. The van der Waals surface area contributed by atoms with E-state index < -0.39 is 0 Å². The summed E-state index contributed by atoms with van der Waals surface area (Å²) >= 11 is 0. The number of carbonyl (C=O) groups is 2. The SMILES string of the molecule is C=C/C(=C\C=C(/C=C)OC=O)CCOC=O. The van der Waals surface area contributed by atoms with Gasteiger partial charge in [0.25, 0.3) is 12.9 Å². The normalized spacial score (nSPS) is 11.5.